The number of amides is 1. The number of hydrogen-bond donors (Lipinski definition) is 0. The molecule has 0 aromatic heterocycles. The summed E-state index contributed by atoms with van der Waals surface area (Å²) in [5.74, 6) is -0.856. The van der Waals surface area contributed by atoms with Gasteiger partial charge in [-0.15, -0.1) is 0 Å². The molecule has 0 aliphatic rings. The Balaban J connectivity index is 2.28. The summed E-state index contributed by atoms with van der Waals surface area (Å²) in [6.07, 6.45) is 0. The van der Waals surface area contributed by atoms with E-state index in [1.54, 1.807) is 24.1 Å². The van der Waals surface area contributed by atoms with Crippen molar-refractivity contribution >= 4 is 21.8 Å². The van der Waals surface area contributed by atoms with Crippen molar-refractivity contribution in [3.05, 3.63) is 69.4 Å². The minimum Gasteiger partial charge on any atom is -0.335 e. The molecule has 1 atom stereocenters. The zero-order valence-corrected chi connectivity index (χ0v) is 13.8. The SMILES string of the molecule is Cc1ccc(C(C)N(C)C(=O)c2c(F)cccc2Br)cc1. The molecule has 1 unspecified atom stereocenters. The first-order valence-corrected chi connectivity index (χ1v) is 7.49. The Labute approximate surface area is 132 Å². The summed E-state index contributed by atoms with van der Waals surface area (Å²) in [5.41, 5.74) is 2.25. The second-order valence-corrected chi connectivity index (χ2v) is 5.95. The zero-order chi connectivity index (χ0) is 15.6. The van der Waals surface area contributed by atoms with E-state index in [9.17, 15) is 9.18 Å². The molecule has 2 nitrogen and oxygen atoms in total. The van der Waals surface area contributed by atoms with E-state index in [1.165, 1.54) is 6.07 Å². The predicted molar refractivity (Wildman–Crippen MR) is 85.8 cm³/mol. The van der Waals surface area contributed by atoms with Crippen LogP contribution in [0.3, 0.4) is 0 Å². The quantitative estimate of drug-likeness (QED) is 0.784. The molecule has 0 bridgehead atoms. The average molecular weight is 350 g/mol. The molecule has 2 aromatic rings. The standard InChI is InChI=1S/C17H17BrFNO/c1-11-7-9-13(10-8-11)12(2)20(3)17(21)16-14(18)5-4-6-15(16)19/h4-10,12H,1-3H3. The van der Waals surface area contributed by atoms with E-state index >= 15 is 0 Å². The number of rotatable bonds is 3. The Hall–Kier alpha value is -1.68. The van der Waals surface area contributed by atoms with Crippen molar-refractivity contribution in [2.75, 3.05) is 7.05 Å². The molecular weight excluding hydrogens is 333 g/mol. The van der Waals surface area contributed by atoms with Crippen LogP contribution in [0.15, 0.2) is 46.9 Å². The fourth-order valence-corrected chi connectivity index (χ4v) is 2.63. The van der Waals surface area contributed by atoms with E-state index in [-0.39, 0.29) is 17.5 Å². The van der Waals surface area contributed by atoms with Crippen LogP contribution >= 0.6 is 15.9 Å². The van der Waals surface area contributed by atoms with Crippen molar-refractivity contribution in [2.45, 2.75) is 19.9 Å². The van der Waals surface area contributed by atoms with Crippen molar-refractivity contribution in [2.24, 2.45) is 0 Å². The summed E-state index contributed by atoms with van der Waals surface area (Å²) >= 11 is 3.24. The van der Waals surface area contributed by atoms with Gasteiger partial charge in [0.1, 0.15) is 5.82 Å². The monoisotopic (exact) mass is 349 g/mol. The van der Waals surface area contributed by atoms with Gasteiger partial charge < -0.3 is 4.90 Å². The topological polar surface area (TPSA) is 20.3 Å². The number of aryl methyl sites for hydroxylation is 1. The van der Waals surface area contributed by atoms with Crippen LogP contribution in [0.25, 0.3) is 0 Å². The summed E-state index contributed by atoms with van der Waals surface area (Å²) in [5, 5.41) is 0. The smallest absolute Gasteiger partial charge is 0.258 e. The third-order valence-electron chi connectivity index (χ3n) is 3.64. The molecule has 0 saturated carbocycles. The first-order valence-electron chi connectivity index (χ1n) is 6.69. The maximum absolute atomic E-state index is 13.9. The Kier molecular flexibility index (Phi) is 4.78. The van der Waals surface area contributed by atoms with Crippen LogP contribution in [-0.2, 0) is 0 Å². The molecule has 2 rings (SSSR count). The van der Waals surface area contributed by atoms with Gasteiger partial charge in [-0.1, -0.05) is 35.9 Å². The minimum atomic E-state index is -0.516. The van der Waals surface area contributed by atoms with Crippen molar-refractivity contribution in [3.8, 4) is 0 Å². The molecule has 0 aliphatic heterocycles. The highest BCUT2D eigenvalue weighted by molar-refractivity contribution is 9.10. The third kappa shape index (κ3) is 3.32. The summed E-state index contributed by atoms with van der Waals surface area (Å²) in [6.45, 7) is 3.94. The number of carbonyl (C=O) groups is 1. The minimum absolute atomic E-state index is 0.0685. The number of halogens is 2. The van der Waals surface area contributed by atoms with Gasteiger partial charge >= 0.3 is 0 Å². The fraction of sp³-hybridized carbons (Fsp3) is 0.235. The molecule has 0 aliphatic carbocycles. The molecule has 0 saturated heterocycles. The molecule has 0 spiro atoms. The summed E-state index contributed by atoms with van der Waals surface area (Å²) in [7, 11) is 1.69. The van der Waals surface area contributed by atoms with E-state index in [0.717, 1.165) is 11.1 Å². The lowest BCUT2D eigenvalue weighted by Crippen LogP contribution is -2.30. The van der Waals surface area contributed by atoms with E-state index in [0.29, 0.717) is 4.47 Å². The van der Waals surface area contributed by atoms with Crippen molar-refractivity contribution in [1.29, 1.82) is 0 Å². The molecule has 0 heterocycles. The number of carbonyl (C=O) groups excluding carboxylic acids is 1. The van der Waals surface area contributed by atoms with Gasteiger partial charge in [0.25, 0.3) is 5.91 Å². The molecule has 4 heteroatoms. The van der Waals surface area contributed by atoms with E-state index in [4.69, 9.17) is 0 Å². The van der Waals surface area contributed by atoms with Gasteiger partial charge in [0, 0.05) is 11.5 Å². The Morgan fingerprint density at radius 3 is 2.38 bits per heavy atom. The maximum Gasteiger partial charge on any atom is 0.258 e. The van der Waals surface area contributed by atoms with Gasteiger partial charge in [0.05, 0.1) is 11.6 Å². The largest absolute Gasteiger partial charge is 0.335 e. The molecule has 0 fully saturated rings. The lowest BCUT2D eigenvalue weighted by atomic mass is 10.0. The highest BCUT2D eigenvalue weighted by Gasteiger charge is 2.23. The molecule has 0 N–H and O–H groups in total. The molecule has 2 aromatic carbocycles. The van der Waals surface area contributed by atoms with E-state index in [1.807, 2.05) is 38.1 Å². The van der Waals surface area contributed by atoms with Crippen LogP contribution < -0.4 is 0 Å². The lowest BCUT2D eigenvalue weighted by molar-refractivity contribution is 0.0737. The van der Waals surface area contributed by atoms with Crippen LogP contribution in [0.1, 0.15) is 34.5 Å². The van der Waals surface area contributed by atoms with Crippen LogP contribution in [0, 0.1) is 12.7 Å². The normalized spacial score (nSPS) is 12.0. The highest BCUT2D eigenvalue weighted by atomic mass is 79.9. The van der Waals surface area contributed by atoms with E-state index in [2.05, 4.69) is 15.9 Å². The average Bonchev–Trinajstić information content (AvgIpc) is 2.46. The summed E-state index contributed by atoms with van der Waals surface area (Å²) in [6, 6.07) is 12.4. The Morgan fingerprint density at radius 2 is 1.81 bits per heavy atom. The third-order valence-corrected chi connectivity index (χ3v) is 4.30. The van der Waals surface area contributed by atoms with Gasteiger partial charge in [-0.3, -0.25) is 4.79 Å². The van der Waals surface area contributed by atoms with Gasteiger partial charge in [-0.25, -0.2) is 4.39 Å². The van der Waals surface area contributed by atoms with Crippen molar-refractivity contribution < 1.29 is 9.18 Å². The van der Waals surface area contributed by atoms with Crippen LogP contribution in [0.2, 0.25) is 0 Å². The fourth-order valence-electron chi connectivity index (χ4n) is 2.12. The van der Waals surface area contributed by atoms with E-state index < -0.39 is 5.82 Å². The van der Waals surface area contributed by atoms with Crippen LogP contribution in [-0.4, -0.2) is 17.9 Å². The lowest BCUT2D eigenvalue weighted by Gasteiger charge is -2.26. The first-order chi connectivity index (χ1) is 9.91. The Morgan fingerprint density at radius 1 is 1.19 bits per heavy atom. The van der Waals surface area contributed by atoms with Crippen molar-refractivity contribution in [3.63, 3.8) is 0 Å². The molecule has 110 valence electrons. The van der Waals surface area contributed by atoms with Gasteiger partial charge in [-0.05, 0) is 47.5 Å². The van der Waals surface area contributed by atoms with Crippen LogP contribution in [0.4, 0.5) is 4.39 Å². The summed E-state index contributed by atoms with van der Waals surface area (Å²) in [4.78, 5) is 14.1. The van der Waals surface area contributed by atoms with Gasteiger partial charge in [0.15, 0.2) is 0 Å². The Bertz CT molecular complexity index is 634. The number of hydrogen-bond acceptors (Lipinski definition) is 1. The number of nitrogens with zero attached hydrogens (tertiary/aromatic N) is 1. The second-order valence-electron chi connectivity index (χ2n) is 5.10. The molecule has 21 heavy (non-hydrogen) atoms. The van der Waals surface area contributed by atoms with Gasteiger partial charge in [0.2, 0.25) is 0 Å². The van der Waals surface area contributed by atoms with Gasteiger partial charge in [-0.2, -0.15) is 0 Å². The van der Waals surface area contributed by atoms with Crippen molar-refractivity contribution in [1.82, 2.24) is 4.90 Å². The number of benzene rings is 2. The maximum atomic E-state index is 13.9. The van der Waals surface area contributed by atoms with Crippen LogP contribution in [0.5, 0.6) is 0 Å². The second kappa shape index (κ2) is 6.39. The first kappa shape index (κ1) is 15.7. The highest BCUT2D eigenvalue weighted by Crippen LogP contribution is 2.26. The predicted octanol–water partition coefficient (Wildman–Crippen LogP) is 4.73. The zero-order valence-electron chi connectivity index (χ0n) is 12.2. The molecule has 0 radical (unpaired) electrons. The molecule has 1 amide bonds. The molecular formula is C17H17BrFNO. The summed E-state index contributed by atoms with van der Waals surface area (Å²) < 4.78 is 14.4.